The van der Waals surface area contributed by atoms with Crippen molar-refractivity contribution in [2.24, 2.45) is 5.73 Å². The van der Waals surface area contributed by atoms with Gasteiger partial charge in [0.1, 0.15) is 11.9 Å². The zero-order valence-electron chi connectivity index (χ0n) is 8.65. The fourth-order valence-electron chi connectivity index (χ4n) is 1.32. The summed E-state index contributed by atoms with van der Waals surface area (Å²) in [5.74, 6) is -6.02. The third-order valence-corrected chi connectivity index (χ3v) is 2.34. The summed E-state index contributed by atoms with van der Waals surface area (Å²) >= 11 is 0. The average Bonchev–Trinajstić information content (AvgIpc) is 2.19. The Labute approximate surface area is 93.2 Å². The van der Waals surface area contributed by atoms with Gasteiger partial charge in [0.25, 0.3) is 0 Å². The molecule has 0 saturated carbocycles. The van der Waals surface area contributed by atoms with E-state index >= 15 is 0 Å². The van der Waals surface area contributed by atoms with Crippen LogP contribution in [0.15, 0.2) is 18.2 Å². The SMILES string of the molecule is Cc1ccc(F)cc1[C@H](N)C(F)(F)C(F)(F)F. The van der Waals surface area contributed by atoms with E-state index in [1.807, 2.05) is 0 Å². The maximum absolute atomic E-state index is 12.9. The Morgan fingerprint density at radius 1 is 1.12 bits per heavy atom. The molecule has 0 aliphatic rings. The average molecular weight is 257 g/mol. The Hall–Kier alpha value is -1.24. The van der Waals surface area contributed by atoms with Crippen LogP contribution in [-0.4, -0.2) is 12.1 Å². The van der Waals surface area contributed by atoms with Crippen molar-refractivity contribution in [3.63, 3.8) is 0 Å². The molecule has 17 heavy (non-hydrogen) atoms. The van der Waals surface area contributed by atoms with Crippen molar-refractivity contribution in [2.45, 2.75) is 25.1 Å². The van der Waals surface area contributed by atoms with Gasteiger partial charge >= 0.3 is 12.1 Å². The molecule has 7 heteroatoms. The summed E-state index contributed by atoms with van der Waals surface area (Å²) in [6.45, 7) is 1.28. The van der Waals surface area contributed by atoms with Crippen LogP contribution < -0.4 is 5.73 Å². The molecule has 0 saturated heterocycles. The second-order valence-electron chi connectivity index (χ2n) is 3.60. The van der Waals surface area contributed by atoms with E-state index in [-0.39, 0.29) is 5.56 Å². The predicted octanol–water partition coefficient (Wildman–Crippen LogP) is 3.33. The molecule has 0 aliphatic carbocycles. The smallest absolute Gasteiger partial charge is 0.319 e. The lowest BCUT2D eigenvalue weighted by molar-refractivity contribution is -0.291. The molecule has 0 fully saturated rings. The fourth-order valence-corrected chi connectivity index (χ4v) is 1.32. The number of rotatable bonds is 2. The summed E-state index contributed by atoms with van der Waals surface area (Å²) in [7, 11) is 0. The lowest BCUT2D eigenvalue weighted by Gasteiger charge is -2.26. The highest BCUT2D eigenvalue weighted by Crippen LogP contribution is 2.43. The van der Waals surface area contributed by atoms with Gasteiger partial charge in [0.15, 0.2) is 0 Å². The van der Waals surface area contributed by atoms with Gasteiger partial charge in [0, 0.05) is 0 Å². The van der Waals surface area contributed by atoms with Crippen LogP contribution in [0, 0.1) is 12.7 Å². The van der Waals surface area contributed by atoms with Crippen LogP contribution in [0.2, 0.25) is 0 Å². The number of halogens is 6. The molecule has 96 valence electrons. The number of alkyl halides is 5. The first-order valence-electron chi connectivity index (χ1n) is 4.53. The van der Waals surface area contributed by atoms with Crippen molar-refractivity contribution >= 4 is 0 Å². The van der Waals surface area contributed by atoms with Gasteiger partial charge in [-0.1, -0.05) is 6.07 Å². The second kappa shape index (κ2) is 4.21. The number of hydrogen-bond acceptors (Lipinski definition) is 1. The van der Waals surface area contributed by atoms with Crippen molar-refractivity contribution in [2.75, 3.05) is 0 Å². The van der Waals surface area contributed by atoms with Gasteiger partial charge in [-0.2, -0.15) is 22.0 Å². The minimum Gasteiger partial charge on any atom is -0.319 e. The van der Waals surface area contributed by atoms with Gasteiger partial charge in [0.2, 0.25) is 0 Å². The molecule has 0 bridgehead atoms. The van der Waals surface area contributed by atoms with Crippen LogP contribution in [-0.2, 0) is 0 Å². The summed E-state index contributed by atoms with van der Waals surface area (Å²) in [5, 5.41) is 0. The van der Waals surface area contributed by atoms with Crippen molar-refractivity contribution < 1.29 is 26.3 Å². The monoisotopic (exact) mass is 257 g/mol. The van der Waals surface area contributed by atoms with Crippen LogP contribution in [0.25, 0.3) is 0 Å². The van der Waals surface area contributed by atoms with Gasteiger partial charge in [-0.25, -0.2) is 4.39 Å². The second-order valence-corrected chi connectivity index (χ2v) is 3.60. The molecule has 1 aromatic carbocycles. The minimum atomic E-state index is -5.77. The molecular weight excluding hydrogens is 248 g/mol. The summed E-state index contributed by atoms with van der Waals surface area (Å²) in [6.07, 6.45) is -5.77. The molecule has 0 aromatic heterocycles. The Kier molecular flexibility index (Phi) is 3.42. The maximum Gasteiger partial charge on any atom is 0.455 e. The van der Waals surface area contributed by atoms with E-state index in [0.29, 0.717) is 6.07 Å². The van der Waals surface area contributed by atoms with E-state index in [1.165, 1.54) is 6.92 Å². The molecule has 0 unspecified atom stereocenters. The summed E-state index contributed by atoms with van der Waals surface area (Å²) < 4.78 is 74.9. The van der Waals surface area contributed by atoms with Crippen molar-refractivity contribution in [3.05, 3.63) is 35.1 Å². The fraction of sp³-hybridized carbons (Fsp3) is 0.400. The van der Waals surface area contributed by atoms with Crippen LogP contribution >= 0.6 is 0 Å². The molecule has 2 N–H and O–H groups in total. The molecule has 1 nitrogen and oxygen atoms in total. The Bertz CT molecular complexity index is 412. The zero-order chi connectivity index (χ0) is 13.4. The summed E-state index contributed by atoms with van der Waals surface area (Å²) in [4.78, 5) is 0. The van der Waals surface area contributed by atoms with Gasteiger partial charge < -0.3 is 5.73 Å². The quantitative estimate of drug-likeness (QED) is 0.808. The van der Waals surface area contributed by atoms with Crippen molar-refractivity contribution in [1.29, 1.82) is 0 Å². The number of nitrogens with two attached hydrogens (primary N) is 1. The zero-order valence-corrected chi connectivity index (χ0v) is 8.65. The first kappa shape index (κ1) is 13.8. The highest BCUT2D eigenvalue weighted by atomic mass is 19.4. The molecule has 1 aromatic rings. The number of aryl methyl sites for hydroxylation is 1. The van der Waals surface area contributed by atoms with Gasteiger partial charge in [-0.05, 0) is 30.2 Å². The number of benzene rings is 1. The van der Waals surface area contributed by atoms with Crippen LogP contribution in [0.3, 0.4) is 0 Å². The lowest BCUT2D eigenvalue weighted by Crippen LogP contribution is -2.46. The highest BCUT2D eigenvalue weighted by Gasteiger charge is 2.61. The van der Waals surface area contributed by atoms with Crippen LogP contribution in [0.5, 0.6) is 0 Å². The van der Waals surface area contributed by atoms with Crippen LogP contribution in [0.1, 0.15) is 17.2 Å². The number of hydrogen-bond donors (Lipinski definition) is 1. The summed E-state index contributed by atoms with van der Waals surface area (Å²) in [5.41, 5.74) is 4.40. The van der Waals surface area contributed by atoms with Crippen molar-refractivity contribution in [3.8, 4) is 0 Å². The Morgan fingerprint density at radius 3 is 2.12 bits per heavy atom. The Balaban J connectivity index is 3.21. The topological polar surface area (TPSA) is 26.0 Å². The van der Waals surface area contributed by atoms with E-state index in [9.17, 15) is 26.3 Å². The first-order valence-corrected chi connectivity index (χ1v) is 4.53. The molecule has 1 atom stereocenters. The molecular formula is C10H9F6N. The van der Waals surface area contributed by atoms with E-state index in [0.717, 1.165) is 12.1 Å². The van der Waals surface area contributed by atoms with Gasteiger partial charge in [-0.15, -0.1) is 0 Å². The molecule has 0 spiro atoms. The minimum absolute atomic E-state index is 0.0721. The van der Waals surface area contributed by atoms with E-state index in [1.54, 1.807) is 0 Å². The highest BCUT2D eigenvalue weighted by molar-refractivity contribution is 5.31. The molecule has 0 radical (unpaired) electrons. The third kappa shape index (κ3) is 2.54. The third-order valence-electron chi connectivity index (χ3n) is 2.34. The lowest BCUT2D eigenvalue weighted by atomic mass is 9.96. The normalized spacial score (nSPS) is 14.8. The van der Waals surface area contributed by atoms with Gasteiger partial charge in [-0.3, -0.25) is 0 Å². The van der Waals surface area contributed by atoms with Crippen molar-refractivity contribution in [1.82, 2.24) is 0 Å². The predicted molar refractivity (Wildman–Crippen MR) is 49.1 cm³/mol. The molecule has 0 amide bonds. The largest absolute Gasteiger partial charge is 0.455 e. The van der Waals surface area contributed by atoms with Gasteiger partial charge in [0.05, 0.1) is 0 Å². The molecule has 0 aliphatic heterocycles. The van der Waals surface area contributed by atoms with E-state index in [2.05, 4.69) is 0 Å². The first-order chi connectivity index (χ1) is 7.57. The Morgan fingerprint density at radius 2 is 1.65 bits per heavy atom. The standard InChI is InChI=1S/C10H9F6N/c1-5-2-3-6(11)4-7(5)8(17)9(12,13)10(14,15)16/h2-4,8H,17H2,1H3/t8-/m0/s1. The summed E-state index contributed by atoms with van der Waals surface area (Å²) in [6, 6.07) is 0.00619. The van der Waals surface area contributed by atoms with Crippen LogP contribution in [0.4, 0.5) is 26.3 Å². The maximum atomic E-state index is 12.9. The van der Waals surface area contributed by atoms with E-state index < -0.39 is 29.5 Å². The molecule has 0 heterocycles. The van der Waals surface area contributed by atoms with E-state index in [4.69, 9.17) is 5.73 Å². The molecule has 1 rings (SSSR count).